The highest BCUT2D eigenvalue weighted by Crippen LogP contribution is 2.26. The third kappa shape index (κ3) is 11.8. The fraction of sp³-hybridized carbons (Fsp3) is 0.417. The molecular weight excluding hydrogens is 512 g/mol. The van der Waals surface area contributed by atoms with E-state index < -0.39 is 32.2 Å². The molecule has 0 saturated heterocycles. The van der Waals surface area contributed by atoms with Crippen molar-refractivity contribution in [2.45, 2.75) is 62.2 Å². The third-order valence-electron chi connectivity index (χ3n) is 5.55. The van der Waals surface area contributed by atoms with Gasteiger partial charge in [0.1, 0.15) is 0 Å². The second kappa shape index (κ2) is 14.1. The normalized spacial score (nSPS) is 15.2. The topological polar surface area (TPSA) is 183 Å². The highest BCUT2D eigenvalue weighted by atomic mass is 32.2. The van der Waals surface area contributed by atoms with Crippen molar-refractivity contribution >= 4 is 32.2 Å². The Morgan fingerprint density at radius 2 is 0.861 bits per heavy atom. The molecule has 0 radical (unpaired) electrons. The number of carboxylic acid groups (broad SMARTS) is 2. The van der Waals surface area contributed by atoms with Gasteiger partial charge in [-0.05, 0) is 63.8 Å². The van der Waals surface area contributed by atoms with Crippen LogP contribution in [0.5, 0.6) is 0 Å². The molecule has 10 nitrogen and oxygen atoms in total. The van der Waals surface area contributed by atoms with Crippen LogP contribution in [0.4, 0.5) is 0 Å². The quantitative estimate of drug-likeness (QED) is 0.406. The first-order valence-electron chi connectivity index (χ1n) is 11.1. The molecule has 4 N–H and O–H groups in total. The summed E-state index contributed by atoms with van der Waals surface area (Å²) in [5, 5.41) is 16.5. The summed E-state index contributed by atoms with van der Waals surface area (Å²) < 4.78 is 59.1. The molecule has 2 aromatic carbocycles. The van der Waals surface area contributed by atoms with Crippen LogP contribution in [0.25, 0.3) is 0 Å². The smallest absolute Gasteiger partial charge is 0.306 e. The van der Waals surface area contributed by atoms with Gasteiger partial charge in [-0.3, -0.25) is 18.7 Å². The van der Waals surface area contributed by atoms with Crippen LogP contribution in [-0.4, -0.2) is 48.1 Å². The minimum Gasteiger partial charge on any atom is -0.481 e. The Labute approximate surface area is 211 Å². The number of hydrogen-bond donors (Lipinski definition) is 4. The zero-order valence-electron chi connectivity index (χ0n) is 20.1. The fourth-order valence-corrected chi connectivity index (χ4v) is 3.69. The van der Waals surface area contributed by atoms with Crippen molar-refractivity contribution in [3.63, 3.8) is 0 Å². The third-order valence-corrected chi connectivity index (χ3v) is 7.28. The fourth-order valence-electron chi connectivity index (χ4n) is 2.73. The maximum atomic E-state index is 10.5. The molecule has 2 aliphatic rings. The zero-order valence-corrected chi connectivity index (χ0v) is 21.7. The van der Waals surface area contributed by atoms with Gasteiger partial charge in [0.25, 0.3) is 20.2 Å². The number of aryl methyl sites for hydroxylation is 2. The lowest BCUT2D eigenvalue weighted by atomic mass is 9.86. The molecule has 0 aromatic heterocycles. The van der Waals surface area contributed by atoms with Crippen LogP contribution < -0.4 is 0 Å². The molecule has 0 aliphatic heterocycles. The van der Waals surface area contributed by atoms with Crippen molar-refractivity contribution in [3.05, 3.63) is 59.7 Å². The summed E-state index contributed by atoms with van der Waals surface area (Å²) in [5.41, 5.74) is 1.91. The summed E-state index contributed by atoms with van der Waals surface area (Å²) in [4.78, 5) is 19.8. The van der Waals surface area contributed by atoms with E-state index in [0.717, 1.165) is 49.7 Å². The molecule has 2 saturated carbocycles. The number of rotatable bonds is 4. The number of benzene rings is 2. The maximum absolute atomic E-state index is 10.5. The van der Waals surface area contributed by atoms with Crippen LogP contribution in [-0.2, 0) is 29.8 Å². The van der Waals surface area contributed by atoms with Gasteiger partial charge in [0.05, 0.1) is 21.6 Å². The lowest BCUT2D eigenvalue weighted by Gasteiger charge is -2.19. The maximum Gasteiger partial charge on any atom is 0.306 e. The lowest BCUT2D eigenvalue weighted by Crippen LogP contribution is -2.20. The van der Waals surface area contributed by atoms with E-state index in [0.29, 0.717) is 0 Å². The van der Waals surface area contributed by atoms with Gasteiger partial charge in [-0.25, -0.2) is 0 Å². The van der Waals surface area contributed by atoms with Crippen LogP contribution in [0.15, 0.2) is 58.3 Å². The van der Waals surface area contributed by atoms with Crippen LogP contribution in [0.2, 0.25) is 0 Å². The largest absolute Gasteiger partial charge is 0.481 e. The Balaban J connectivity index is 0.000000245. The highest BCUT2D eigenvalue weighted by Gasteiger charge is 2.24. The van der Waals surface area contributed by atoms with Crippen molar-refractivity contribution in [2.75, 3.05) is 0 Å². The molecule has 2 aliphatic carbocycles. The summed E-state index contributed by atoms with van der Waals surface area (Å²) in [6.45, 7) is 3.68. The number of carboxylic acids is 2. The Bertz CT molecular complexity index is 1100. The zero-order chi connectivity index (χ0) is 27.5. The van der Waals surface area contributed by atoms with E-state index in [1.807, 2.05) is 13.8 Å². The van der Waals surface area contributed by atoms with Crippen molar-refractivity contribution in [3.8, 4) is 0 Å². The van der Waals surface area contributed by atoms with Gasteiger partial charge in [0.15, 0.2) is 0 Å². The molecule has 200 valence electrons. The van der Waals surface area contributed by atoms with Crippen LogP contribution in [0, 0.1) is 25.7 Å². The molecule has 12 heteroatoms. The summed E-state index contributed by atoms with van der Waals surface area (Å²) >= 11 is 0. The van der Waals surface area contributed by atoms with Crippen molar-refractivity contribution in [2.24, 2.45) is 11.8 Å². The molecule has 0 heterocycles. The Hall–Kier alpha value is -2.80. The van der Waals surface area contributed by atoms with Crippen molar-refractivity contribution in [1.29, 1.82) is 0 Å². The molecule has 2 fully saturated rings. The van der Waals surface area contributed by atoms with E-state index in [-0.39, 0.29) is 21.6 Å². The predicted molar refractivity (Wildman–Crippen MR) is 132 cm³/mol. The monoisotopic (exact) mass is 544 g/mol. The second-order valence-corrected chi connectivity index (χ2v) is 11.4. The van der Waals surface area contributed by atoms with E-state index in [2.05, 4.69) is 0 Å². The molecule has 0 unspecified atom stereocenters. The summed E-state index contributed by atoms with van der Waals surface area (Å²) in [5.74, 6) is -1.24. The molecule has 2 aromatic rings. The van der Waals surface area contributed by atoms with E-state index in [1.54, 1.807) is 24.3 Å². The van der Waals surface area contributed by atoms with Gasteiger partial charge < -0.3 is 10.2 Å². The first-order valence-corrected chi connectivity index (χ1v) is 14.0. The van der Waals surface area contributed by atoms with Crippen molar-refractivity contribution < 1.29 is 45.7 Å². The molecule has 0 spiro atoms. The van der Waals surface area contributed by atoms with E-state index >= 15 is 0 Å². The SMILES string of the molecule is Cc1ccc(S(=O)(=O)O)cc1.Cc1ccc(S(=O)(=O)O)cc1.O=C(O)C1CCC1.O=C(O)C1CCC1. The van der Waals surface area contributed by atoms with E-state index in [4.69, 9.17) is 19.3 Å². The summed E-state index contributed by atoms with van der Waals surface area (Å²) in [7, 11) is -8.04. The molecule has 0 bridgehead atoms. The summed E-state index contributed by atoms with van der Waals surface area (Å²) in [6, 6.07) is 12.0. The van der Waals surface area contributed by atoms with Gasteiger partial charge in [0.2, 0.25) is 0 Å². The minimum atomic E-state index is -4.02. The van der Waals surface area contributed by atoms with Gasteiger partial charge in [0, 0.05) is 0 Å². The number of aliphatic carboxylic acids is 2. The average molecular weight is 545 g/mol. The number of carbonyl (C=O) groups is 2. The summed E-state index contributed by atoms with van der Waals surface area (Å²) in [6.07, 6.45) is 5.81. The van der Waals surface area contributed by atoms with Gasteiger partial charge in [-0.1, -0.05) is 48.2 Å². The molecule has 36 heavy (non-hydrogen) atoms. The lowest BCUT2D eigenvalue weighted by molar-refractivity contribution is -0.145. The standard InChI is InChI=1S/2C7H8O3S.2C5H8O2/c2*1-6-2-4-7(5-3-6)11(8,9)10;2*6-5(7)4-2-1-3-4/h2*2-5H,1H3,(H,8,9,10);2*4H,1-3H2,(H,6,7). The van der Waals surface area contributed by atoms with Gasteiger partial charge in [-0.15, -0.1) is 0 Å². The molecule has 0 amide bonds. The molecule has 4 rings (SSSR count). The Morgan fingerprint density at radius 3 is 0.972 bits per heavy atom. The molecular formula is C24H32O10S2. The average Bonchev–Trinajstić information content (AvgIpc) is 2.65. The van der Waals surface area contributed by atoms with Gasteiger partial charge >= 0.3 is 11.9 Å². The second-order valence-electron chi connectivity index (χ2n) is 8.51. The van der Waals surface area contributed by atoms with Crippen molar-refractivity contribution in [1.82, 2.24) is 0 Å². The first kappa shape index (κ1) is 31.2. The highest BCUT2D eigenvalue weighted by molar-refractivity contribution is 7.86. The minimum absolute atomic E-state index is 0.000000000000000444. The van der Waals surface area contributed by atoms with Gasteiger partial charge in [-0.2, -0.15) is 16.8 Å². The Morgan fingerprint density at radius 1 is 0.611 bits per heavy atom. The number of hydrogen-bond acceptors (Lipinski definition) is 6. The first-order chi connectivity index (χ1) is 16.6. The van der Waals surface area contributed by atoms with E-state index in [1.165, 1.54) is 24.3 Å². The predicted octanol–water partition coefficient (Wildman–Crippen LogP) is 4.23. The Kier molecular flexibility index (Phi) is 12.2. The van der Waals surface area contributed by atoms with Crippen LogP contribution in [0.3, 0.4) is 0 Å². The van der Waals surface area contributed by atoms with Crippen LogP contribution >= 0.6 is 0 Å². The van der Waals surface area contributed by atoms with E-state index in [9.17, 15) is 26.4 Å². The van der Waals surface area contributed by atoms with Crippen LogP contribution in [0.1, 0.15) is 49.7 Å². The molecule has 0 atom stereocenters.